The summed E-state index contributed by atoms with van der Waals surface area (Å²) in [4.78, 5) is 10.4. The predicted molar refractivity (Wildman–Crippen MR) is 244 cm³/mol. The van der Waals surface area contributed by atoms with E-state index in [0.29, 0.717) is 5.84 Å². The minimum atomic E-state index is -0.370. The summed E-state index contributed by atoms with van der Waals surface area (Å²) < 4.78 is 8.80. The highest BCUT2D eigenvalue weighted by Crippen LogP contribution is 2.43. The monoisotopic (exact) mass is 759 g/mol. The second-order valence-electron chi connectivity index (χ2n) is 15.0. The van der Waals surface area contributed by atoms with E-state index < -0.39 is 0 Å². The number of hydrogen-bond donors (Lipinski definition) is 1. The first kappa shape index (κ1) is 32.9. The summed E-state index contributed by atoms with van der Waals surface area (Å²) >= 11 is 1.84. The molecular formula is C53H33N3OS. The van der Waals surface area contributed by atoms with Crippen LogP contribution in [-0.4, -0.2) is 11.7 Å². The average Bonchev–Trinajstić information content (AvgIpc) is 3.86. The van der Waals surface area contributed by atoms with Crippen molar-refractivity contribution in [3.8, 4) is 22.3 Å². The number of fused-ring (bicyclic) bond motifs is 9. The van der Waals surface area contributed by atoms with Gasteiger partial charge in [0.05, 0.1) is 0 Å². The Hall–Kier alpha value is -7.34. The van der Waals surface area contributed by atoms with Crippen LogP contribution in [0.25, 0.3) is 85.9 Å². The molecule has 1 unspecified atom stereocenters. The predicted octanol–water partition coefficient (Wildman–Crippen LogP) is 14.1. The van der Waals surface area contributed by atoms with Crippen LogP contribution in [0.1, 0.15) is 22.9 Å². The number of rotatable bonds is 5. The highest BCUT2D eigenvalue weighted by atomic mass is 32.1. The van der Waals surface area contributed by atoms with E-state index in [1.54, 1.807) is 0 Å². The van der Waals surface area contributed by atoms with E-state index >= 15 is 0 Å². The van der Waals surface area contributed by atoms with E-state index in [1.165, 1.54) is 64.0 Å². The number of hydrogen-bond acceptors (Lipinski definition) is 5. The van der Waals surface area contributed by atoms with Crippen LogP contribution in [0, 0.1) is 0 Å². The zero-order valence-electron chi connectivity index (χ0n) is 31.2. The summed E-state index contributed by atoms with van der Waals surface area (Å²) in [6, 6.07) is 67.0. The van der Waals surface area contributed by atoms with Crippen molar-refractivity contribution in [1.29, 1.82) is 0 Å². The van der Waals surface area contributed by atoms with Crippen LogP contribution < -0.4 is 5.32 Å². The second kappa shape index (κ2) is 13.1. The van der Waals surface area contributed by atoms with Crippen molar-refractivity contribution in [2.24, 2.45) is 9.98 Å². The molecule has 2 aromatic heterocycles. The molecule has 0 spiro atoms. The molecule has 1 atom stereocenters. The van der Waals surface area contributed by atoms with Crippen molar-refractivity contribution in [1.82, 2.24) is 5.32 Å². The van der Waals surface area contributed by atoms with E-state index in [1.807, 2.05) is 47.7 Å². The van der Waals surface area contributed by atoms with Crippen LogP contribution in [0.15, 0.2) is 202 Å². The third kappa shape index (κ3) is 5.43. The Morgan fingerprint density at radius 1 is 0.431 bits per heavy atom. The Morgan fingerprint density at radius 2 is 1.09 bits per heavy atom. The van der Waals surface area contributed by atoms with Crippen molar-refractivity contribution in [3.05, 3.63) is 205 Å². The molecule has 11 aromatic rings. The topological polar surface area (TPSA) is 49.9 Å². The number of furan rings is 1. The van der Waals surface area contributed by atoms with Gasteiger partial charge in [0.2, 0.25) is 0 Å². The van der Waals surface area contributed by atoms with E-state index in [4.69, 9.17) is 14.4 Å². The summed E-state index contributed by atoms with van der Waals surface area (Å²) in [5.41, 5.74) is 9.60. The minimum absolute atomic E-state index is 0.370. The van der Waals surface area contributed by atoms with Crippen LogP contribution in [0.4, 0.5) is 0 Å². The fourth-order valence-electron chi connectivity index (χ4n) is 8.64. The summed E-state index contributed by atoms with van der Waals surface area (Å²) in [6.07, 6.45) is -0.370. The van der Waals surface area contributed by atoms with Crippen LogP contribution in [0.2, 0.25) is 0 Å². The van der Waals surface area contributed by atoms with Crippen LogP contribution in [0.3, 0.4) is 0 Å². The van der Waals surface area contributed by atoms with Gasteiger partial charge in [0, 0.05) is 47.6 Å². The lowest BCUT2D eigenvalue weighted by molar-refractivity contribution is 0.667. The van der Waals surface area contributed by atoms with Crippen LogP contribution in [0.5, 0.6) is 0 Å². The van der Waals surface area contributed by atoms with E-state index in [9.17, 15) is 0 Å². The fraction of sp³-hybridized carbons (Fsp3) is 0.0189. The number of nitrogens with one attached hydrogen (secondary N) is 1. The molecule has 1 N–H and O–H groups in total. The van der Waals surface area contributed by atoms with Crippen molar-refractivity contribution >= 4 is 86.7 Å². The molecule has 272 valence electrons. The molecule has 0 radical (unpaired) electrons. The maximum absolute atomic E-state index is 6.30. The molecule has 3 heterocycles. The van der Waals surface area contributed by atoms with Gasteiger partial charge in [-0.2, -0.15) is 0 Å². The third-order valence-electron chi connectivity index (χ3n) is 11.5. The number of thiophene rings is 1. The first-order valence-electron chi connectivity index (χ1n) is 19.6. The van der Waals surface area contributed by atoms with Gasteiger partial charge in [-0.05, 0) is 86.3 Å². The Bertz CT molecular complexity index is 3490. The van der Waals surface area contributed by atoms with Gasteiger partial charge < -0.3 is 9.73 Å². The van der Waals surface area contributed by atoms with Crippen LogP contribution in [-0.2, 0) is 0 Å². The van der Waals surface area contributed by atoms with Crippen LogP contribution >= 0.6 is 11.3 Å². The molecular weight excluding hydrogens is 727 g/mol. The largest absolute Gasteiger partial charge is 0.456 e. The molecule has 0 amide bonds. The van der Waals surface area contributed by atoms with Gasteiger partial charge >= 0.3 is 0 Å². The van der Waals surface area contributed by atoms with E-state index in [-0.39, 0.29) is 6.17 Å². The Balaban J connectivity index is 0.952. The lowest BCUT2D eigenvalue weighted by Crippen LogP contribution is -2.33. The summed E-state index contributed by atoms with van der Waals surface area (Å²) in [5.74, 6) is 1.46. The minimum Gasteiger partial charge on any atom is -0.456 e. The number of aliphatic imine (C=N–C) groups is 2. The van der Waals surface area contributed by atoms with Gasteiger partial charge in [-0.25, -0.2) is 9.98 Å². The normalized spacial score (nSPS) is 14.4. The van der Waals surface area contributed by atoms with Gasteiger partial charge in [-0.3, -0.25) is 0 Å². The molecule has 58 heavy (non-hydrogen) atoms. The third-order valence-corrected chi connectivity index (χ3v) is 12.6. The van der Waals surface area contributed by atoms with Gasteiger partial charge in [0.1, 0.15) is 23.2 Å². The zero-order chi connectivity index (χ0) is 38.2. The molecule has 0 fully saturated rings. The zero-order valence-corrected chi connectivity index (χ0v) is 32.0. The highest BCUT2D eigenvalue weighted by molar-refractivity contribution is 7.26. The molecule has 0 aliphatic carbocycles. The van der Waals surface area contributed by atoms with Gasteiger partial charge in [0.15, 0.2) is 5.84 Å². The summed E-state index contributed by atoms with van der Waals surface area (Å²) in [6.45, 7) is 0. The molecule has 0 saturated carbocycles. The molecule has 1 aliphatic rings. The van der Waals surface area contributed by atoms with Crippen molar-refractivity contribution in [2.75, 3.05) is 0 Å². The van der Waals surface area contributed by atoms with Gasteiger partial charge in [-0.1, -0.05) is 146 Å². The molecule has 9 aromatic carbocycles. The molecule has 1 aliphatic heterocycles. The summed E-state index contributed by atoms with van der Waals surface area (Å²) in [5, 5.41) is 13.4. The second-order valence-corrected chi connectivity index (χ2v) is 16.1. The molecule has 5 heteroatoms. The standard InChI is InChI=1S/C53H33N3OS/c1-2-11-35(12-3-1)51-54-52(39-24-26-42-41-15-8-9-17-46(41)57-47(42)30-39)56-53(55-51)44-31-49-50(43-16-7-6-14-40(43)44)45-29-38(25-27-48(45)58-49)34-20-18-33(19-21-34)37-23-22-32-10-4-5-13-36(32)28-37/h1-31,53H,(H,54,55,56). The number of para-hydroxylation sites is 1. The Morgan fingerprint density at radius 3 is 1.93 bits per heavy atom. The summed E-state index contributed by atoms with van der Waals surface area (Å²) in [7, 11) is 0. The van der Waals surface area contributed by atoms with Crippen molar-refractivity contribution in [2.45, 2.75) is 6.17 Å². The average molecular weight is 760 g/mol. The maximum Gasteiger partial charge on any atom is 0.159 e. The van der Waals surface area contributed by atoms with Gasteiger partial charge in [0.25, 0.3) is 0 Å². The van der Waals surface area contributed by atoms with Crippen molar-refractivity contribution in [3.63, 3.8) is 0 Å². The fourth-order valence-corrected chi connectivity index (χ4v) is 9.80. The molecule has 4 nitrogen and oxygen atoms in total. The van der Waals surface area contributed by atoms with E-state index in [0.717, 1.165) is 44.5 Å². The lowest BCUT2D eigenvalue weighted by Gasteiger charge is -2.25. The number of benzene rings is 9. The smallest absolute Gasteiger partial charge is 0.159 e. The first-order valence-corrected chi connectivity index (χ1v) is 20.4. The number of amidine groups is 2. The quantitative estimate of drug-likeness (QED) is 0.190. The molecule has 12 rings (SSSR count). The Kier molecular flexibility index (Phi) is 7.43. The molecule has 0 saturated heterocycles. The van der Waals surface area contributed by atoms with E-state index in [2.05, 4.69) is 157 Å². The van der Waals surface area contributed by atoms with Gasteiger partial charge in [-0.15, -0.1) is 11.3 Å². The molecule has 0 bridgehead atoms. The maximum atomic E-state index is 6.30. The SMILES string of the molecule is c1ccc(C2=NC(c3cc4sc5ccc(-c6ccc(-c7ccc8ccccc8c7)cc6)cc5c4c4ccccc34)NC(c3ccc4c(c3)oc3ccccc34)=N2)cc1. The highest BCUT2D eigenvalue weighted by Gasteiger charge is 2.25. The Labute approximate surface area is 338 Å². The number of nitrogens with zero attached hydrogens (tertiary/aromatic N) is 2. The van der Waals surface area contributed by atoms with Crippen molar-refractivity contribution < 1.29 is 4.42 Å². The lowest BCUT2D eigenvalue weighted by atomic mass is 9.95. The first-order chi connectivity index (χ1) is 28.7.